The third-order valence-corrected chi connectivity index (χ3v) is 4.38. The molecule has 0 amide bonds. The molecule has 0 aromatic heterocycles. The molecule has 1 aromatic carbocycles. The summed E-state index contributed by atoms with van der Waals surface area (Å²) in [5, 5.41) is 10.9. The molecule has 6 heteroatoms. The second kappa shape index (κ2) is 6.87. The lowest BCUT2D eigenvalue weighted by Gasteiger charge is -2.29. The van der Waals surface area contributed by atoms with Crippen LogP contribution in [-0.4, -0.2) is 36.6 Å². The van der Waals surface area contributed by atoms with Gasteiger partial charge in [-0.2, -0.15) is 0 Å². The van der Waals surface area contributed by atoms with Crippen LogP contribution in [0.4, 0.5) is 5.69 Å². The van der Waals surface area contributed by atoms with Gasteiger partial charge in [0.1, 0.15) is 5.75 Å². The molecule has 2 N–H and O–H groups in total. The van der Waals surface area contributed by atoms with E-state index in [1.165, 1.54) is 12.5 Å². The highest BCUT2D eigenvalue weighted by atomic mass is 16.6. The Hall–Kier alpha value is -1.66. The van der Waals surface area contributed by atoms with Crippen molar-refractivity contribution in [1.82, 2.24) is 4.90 Å². The quantitative estimate of drug-likeness (QED) is 0.642. The van der Waals surface area contributed by atoms with E-state index in [1.807, 2.05) is 0 Å². The van der Waals surface area contributed by atoms with Crippen LogP contribution in [0.2, 0.25) is 0 Å². The van der Waals surface area contributed by atoms with Crippen LogP contribution in [0, 0.1) is 16.0 Å². The molecule has 0 radical (unpaired) electrons. The maximum Gasteiger partial charge on any atom is 0.270 e. The van der Waals surface area contributed by atoms with Crippen LogP contribution in [-0.2, 0) is 6.54 Å². The number of nitro groups is 1. The Balaban J connectivity index is 2.17. The summed E-state index contributed by atoms with van der Waals surface area (Å²) in [6, 6.07) is 5.18. The minimum atomic E-state index is -0.374. The van der Waals surface area contributed by atoms with Gasteiger partial charge < -0.3 is 10.5 Å². The van der Waals surface area contributed by atoms with Crippen LogP contribution < -0.4 is 10.5 Å². The van der Waals surface area contributed by atoms with Crippen molar-refractivity contribution in [2.24, 2.45) is 11.7 Å². The summed E-state index contributed by atoms with van der Waals surface area (Å²) < 4.78 is 5.32. The Kier molecular flexibility index (Phi) is 5.14. The molecule has 0 saturated heterocycles. The number of methoxy groups -OCH3 is 1. The molecule has 0 spiro atoms. The van der Waals surface area contributed by atoms with E-state index < -0.39 is 0 Å². The summed E-state index contributed by atoms with van der Waals surface area (Å²) in [6.45, 7) is 1.33. The van der Waals surface area contributed by atoms with Crippen LogP contribution in [0.15, 0.2) is 18.2 Å². The number of rotatable bonds is 6. The minimum Gasteiger partial charge on any atom is -0.496 e. The molecular weight excluding hydrogens is 270 g/mol. The Bertz CT molecular complexity index is 507. The number of benzene rings is 1. The fourth-order valence-corrected chi connectivity index (χ4v) is 3.26. The molecule has 0 heterocycles. The van der Waals surface area contributed by atoms with Crippen molar-refractivity contribution in [2.75, 3.05) is 20.7 Å². The summed E-state index contributed by atoms with van der Waals surface area (Å²) >= 11 is 0. The number of nitrogens with zero attached hydrogens (tertiary/aromatic N) is 2. The van der Waals surface area contributed by atoms with Gasteiger partial charge >= 0.3 is 0 Å². The van der Waals surface area contributed by atoms with Gasteiger partial charge in [-0.15, -0.1) is 0 Å². The first-order chi connectivity index (χ1) is 10.1. The van der Waals surface area contributed by atoms with Gasteiger partial charge in [0.25, 0.3) is 5.69 Å². The predicted octanol–water partition coefficient (Wildman–Crippen LogP) is 2.16. The number of hydrogen-bond acceptors (Lipinski definition) is 5. The van der Waals surface area contributed by atoms with Crippen LogP contribution in [0.1, 0.15) is 24.8 Å². The third-order valence-electron chi connectivity index (χ3n) is 4.38. The van der Waals surface area contributed by atoms with Gasteiger partial charge in [-0.3, -0.25) is 15.0 Å². The van der Waals surface area contributed by atoms with Gasteiger partial charge in [0.15, 0.2) is 0 Å². The molecule has 0 aliphatic heterocycles. The standard InChI is InChI=1S/C15H23N3O3/c1-17(14-5-3-4-11(14)9-16)10-12-8-13(18(19)20)6-7-15(12)21-2/h6-8,11,14H,3-5,9-10,16H2,1-2H3. The van der Waals surface area contributed by atoms with E-state index in [9.17, 15) is 10.1 Å². The van der Waals surface area contributed by atoms with Crippen molar-refractivity contribution < 1.29 is 9.66 Å². The Labute approximate surface area is 125 Å². The topological polar surface area (TPSA) is 81.6 Å². The van der Waals surface area contributed by atoms with Crippen molar-refractivity contribution in [3.63, 3.8) is 0 Å². The van der Waals surface area contributed by atoms with E-state index in [4.69, 9.17) is 10.5 Å². The summed E-state index contributed by atoms with van der Waals surface area (Å²) in [5.74, 6) is 1.20. The monoisotopic (exact) mass is 293 g/mol. The number of ether oxygens (including phenoxy) is 1. The zero-order chi connectivity index (χ0) is 15.4. The van der Waals surface area contributed by atoms with E-state index in [-0.39, 0.29) is 10.6 Å². The maximum atomic E-state index is 10.9. The van der Waals surface area contributed by atoms with Gasteiger partial charge in [0, 0.05) is 30.3 Å². The lowest BCUT2D eigenvalue weighted by Crippen LogP contribution is -2.37. The molecule has 21 heavy (non-hydrogen) atoms. The zero-order valence-electron chi connectivity index (χ0n) is 12.6. The lowest BCUT2D eigenvalue weighted by molar-refractivity contribution is -0.385. The normalized spacial score (nSPS) is 21.7. The summed E-state index contributed by atoms with van der Waals surface area (Å²) in [4.78, 5) is 12.8. The van der Waals surface area contributed by atoms with Crippen molar-refractivity contribution in [1.29, 1.82) is 0 Å². The van der Waals surface area contributed by atoms with Gasteiger partial charge in [0.05, 0.1) is 12.0 Å². The molecule has 1 fully saturated rings. The van der Waals surface area contributed by atoms with E-state index in [0.717, 1.165) is 18.4 Å². The van der Waals surface area contributed by atoms with Gasteiger partial charge in [0.2, 0.25) is 0 Å². The molecule has 1 saturated carbocycles. The Morgan fingerprint density at radius 1 is 1.48 bits per heavy atom. The fourth-order valence-electron chi connectivity index (χ4n) is 3.26. The largest absolute Gasteiger partial charge is 0.496 e. The highest BCUT2D eigenvalue weighted by Crippen LogP contribution is 2.31. The summed E-state index contributed by atoms with van der Waals surface area (Å²) in [7, 11) is 3.64. The fraction of sp³-hybridized carbons (Fsp3) is 0.600. The molecule has 1 aliphatic rings. The van der Waals surface area contributed by atoms with Crippen molar-refractivity contribution >= 4 is 5.69 Å². The number of hydrogen-bond donors (Lipinski definition) is 1. The third kappa shape index (κ3) is 3.51. The van der Waals surface area contributed by atoms with Crippen molar-refractivity contribution in [3.8, 4) is 5.75 Å². The lowest BCUT2D eigenvalue weighted by atomic mass is 10.0. The van der Waals surface area contributed by atoms with E-state index in [1.54, 1.807) is 19.2 Å². The second-order valence-electron chi connectivity index (χ2n) is 5.66. The maximum absolute atomic E-state index is 10.9. The highest BCUT2D eigenvalue weighted by molar-refractivity contribution is 5.43. The zero-order valence-corrected chi connectivity index (χ0v) is 12.6. The first-order valence-corrected chi connectivity index (χ1v) is 7.28. The van der Waals surface area contributed by atoms with E-state index >= 15 is 0 Å². The number of nitro benzene ring substituents is 1. The average molecular weight is 293 g/mol. The second-order valence-corrected chi connectivity index (χ2v) is 5.66. The first kappa shape index (κ1) is 15.7. The molecule has 1 aromatic rings. The van der Waals surface area contributed by atoms with Crippen LogP contribution >= 0.6 is 0 Å². The molecule has 1 aliphatic carbocycles. The Morgan fingerprint density at radius 3 is 2.86 bits per heavy atom. The number of nitrogens with two attached hydrogens (primary N) is 1. The molecule has 2 unspecified atom stereocenters. The first-order valence-electron chi connectivity index (χ1n) is 7.28. The SMILES string of the molecule is COc1ccc([N+](=O)[O-])cc1CN(C)C1CCCC1CN. The predicted molar refractivity (Wildman–Crippen MR) is 81.3 cm³/mol. The van der Waals surface area contributed by atoms with Crippen LogP contribution in [0.5, 0.6) is 5.75 Å². The Morgan fingerprint density at radius 2 is 2.24 bits per heavy atom. The molecule has 116 valence electrons. The molecule has 6 nitrogen and oxygen atoms in total. The van der Waals surface area contributed by atoms with Gasteiger partial charge in [-0.25, -0.2) is 0 Å². The van der Waals surface area contributed by atoms with Crippen LogP contribution in [0.3, 0.4) is 0 Å². The van der Waals surface area contributed by atoms with E-state index in [0.29, 0.717) is 30.8 Å². The molecule has 0 bridgehead atoms. The minimum absolute atomic E-state index is 0.0981. The molecular formula is C15H23N3O3. The molecule has 2 rings (SSSR count). The van der Waals surface area contributed by atoms with Crippen molar-refractivity contribution in [3.05, 3.63) is 33.9 Å². The average Bonchev–Trinajstić information content (AvgIpc) is 2.95. The van der Waals surface area contributed by atoms with Gasteiger partial charge in [-0.1, -0.05) is 6.42 Å². The molecule has 2 atom stereocenters. The van der Waals surface area contributed by atoms with E-state index in [2.05, 4.69) is 11.9 Å². The summed E-state index contributed by atoms with van der Waals surface area (Å²) in [6.07, 6.45) is 3.50. The van der Waals surface area contributed by atoms with Crippen molar-refractivity contribution in [2.45, 2.75) is 31.8 Å². The van der Waals surface area contributed by atoms with Gasteiger partial charge in [-0.05, 0) is 38.4 Å². The summed E-state index contributed by atoms with van der Waals surface area (Å²) in [5.41, 5.74) is 6.78. The van der Waals surface area contributed by atoms with Crippen LogP contribution in [0.25, 0.3) is 0 Å². The smallest absolute Gasteiger partial charge is 0.270 e. The number of non-ortho nitro benzene ring substituents is 1. The highest BCUT2D eigenvalue weighted by Gasteiger charge is 2.29.